The number of halogens is 1. The van der Waals surface area contributed by atoms with Crippen molar-refractivity contribution in [2.75, 3.05) is 17.2 Å². The van der Waals surface area contributed by atoms with Crippen LogP contribution in [0.3, 0.4) is 0 Å². The maximum absolute atomic E-state index is 9.32. The zero-order valence-corrected chi connectivity index (χ0v) is 14.0. The van der Waals surface area contributed by atoms with E-state index in [1.807, 2.05) is 31.2 Å². The normalized spacial score (nSPS) is 12.3. The largest absolute Gasteiger partial charge is 0.394 e. The van der Waals surface area contributed by atoms with E-state index in [4.69, 9.17) is 0 Å². The highest BCUT2D eigenvalue weighted by Crippen LogP contribution is 2.23. The molecule has 0 radical (unpaired) electrons. The number of hydrogen-bond donors (Lipinski definition) is 4. The molecule has 0 fully saturated rings. The van der Waals surface area contributed by atoms with Gasteiger partial charge in [-0.1, -0.05) is 22.9 Å². The maximum Gasteiger partial charge on any atom is 0.227 e. The molecule has 0 aliphatic carbocycles. The number of aliphatic hydroxyl groups is 1. The predicted octanol–water partition coefficient (Wildman–Crippen LogP) is 2.44. The molecule has 2 aromatic heterocycles. The fraction of sp³-hybridized carbons (Fsp3) is 0.286. The Hall–Kier alpha value is -2.26. The molecule has 0 aliphatic heterocycles. The molecule has 9 heteroatoms. The molecule has 3 rings (SSSR count). The lowest BCUT2D eigenvalue weighted by Crippen LogP contribution is -2.24. The first-order chi connectivity index (χ1) is 11.2. The van der Waals surface area contributed by atoms with Crippen LogP contribution in [0.5, 0.6) is 0 Å². The Morgan fingerprint density at radius 1 is 1.22 bits per heavy atom. The summed E-state index contributed by atoms with van der Waals surface area (Å²) >= 11 is 3.40. The number of benzene rings is 1. The third-order valence-electron chi connectivity index (χ3n) is 3.34. The zero-order valence-electron chi connectivity index (χ0n) is 12.4. The molecule has 23 heavy (non-hydrogen) atoms. The van der Waals surface area contributed by atoms with E-state index in [1.54, 1.807) is 0 Å². The van der Waals surface area contributed by atoms with Crippen LogP contribution in [0.1, 0.15) is 13.3 Å². The van der Waals surface area contributed by atoms with E-state index in [0.717, 1.165) is 16.6 Å². The Morgan fingerprint density at radius 2 is 2.00 bits per heavy atom. The van der Waals surface area contributed by atoms with Gasteiger partial charge in [-0.05, 0) is 30.7 Å². The molecule has 3 aromatic rings. The van der Waals surface area contributed by atoms with Crippen molar-refractivity contribution in [2.24, 2.45) is 0 Å². The van der Waals surface area contributed by atoms with E-state index in [-0.39, 0.29) is 12.6 Å². The van der Waals surface area contributed by atoms with Gasteiger partial charge in [0.05, 0.1) is 12.6 Å². The van der Waals surface area contributed by atoms with Crippen LogP contribution < -0.4 is 10.6 Å². The van der Waals surface area contributed by atoms with Crippen LogP contribution in [0.25, 0.3) is 11.2 Å². The van der Waals surface area contributed by atoms with Crippen LogP contribution in [0.4, 0.5) is 17.5 Å². The first kappa shape index (κ1) is 15.6. The molecular weight excluding hydrogens is 362 g/mol. The summed E-state index contributed by atoms with van der Waals surface area (Å²) in [6.45, 7) is 1.98. The van der Waals surface area contributed by atoms with Crippen LogP contribution in [-0.4, -0.2) is 43.1 Å². The highest BCUT2D eigenvalue weighted by atomic mass is 79.9. The Bertz CT molecular complexity index is 785. The lowest BCUT2D eigenvalue weighted by atomic mass is 10.2. The maximum atomic E-state index is 9.32. The van der Waals surface area contributed by atoms with Gasteiger partial charge >= 0.3 is 0 Å². The van der Waals surface area contributed by atoms with E-state index in [0.29, 0.717) is 22.9 Å². The van der Waals surface area contributed by atoms with Crippen molar-refractivity contribution in [3.05, 3.63) is 28.7 Å². The highest BCUT2D eigenvalue weighted by molar-refractivity contribution is 9.10. The van der Waals surface area contributed by atoms with Crippen molar-refractivity contribution in [2.45, 2.75) is 19.4 Å². The molecule has 4 N–H and O–H groups in total. The molecular formula is C14H16BrN7O. The van der Waals surface area contributed by atoms with E-state index >= 15 is 0 Å². The zero-order chi connectivity index (χ0) is 16.2. The fourth-order valence-electron chi connectivity index (χ4n) is 2.03. The molecule has 0 spiro atoms. The smallest absolute Gasteiger partial charge is 0.227 e. The Morgan fingerprint density at radius 3 is 2.70 bits per heavy atom. The molecule has 2 heterocycles. The van der Waals surface area contributed by atoms with Crippen molar-refractivity contribution < 1.29 is 5.11 Å². The summed E-state index contributed by atoms with van der Waals surface area (Å²) in [5, 5.41) is 26.3. The van der Waals surface area contributed by atoms with Crippen LogP contribution >= 0.6 is 15.9 Å². The van der Waals surface area contributed by atoms with Crippen LogP contribution in [0.2, 0.25) is 0 Å². The summed E-state index contributed by atoms with van der Waals surface area (Å²) in [7, 11) is 0. The third kappa shape index (κ3) is 3.57. The summed E-state index contributed by atoms with van der Waals surface area (Å²) < 4.78 is 0.994. The minimum Gasteiger partial charge on any atom is -0.394 e. The van der Waals surface area contributed by atoms with Gasteiger partial charge in [-0.3, -0.25) is 0 Å². The monoisotopic (exact) mass is 377 g/mol. The van der Waals surface area contributed by atoms with Crippen molar-refractivity contribution in [3.63, 3.8) is 0 Å². The number of nitrogens with one attached hydrogen (secondary N) is 3. The van der Waals surface area contributed by atoms with Gasteiger partial charge in [0.2, 0.25) is 11.6 Å². The van der Waals surface area contributed by atoms with Gasteiger partial charge in [0.1, 0.15) is 0 Å². The van der Waals surface area contributed by atoms with Crippen LogP contribution in [0, 0.1) is 0 Å². The minimum atomic E-state index is -0.111. The molecule has 0 bridgehead atoms. The topological polar surface area (TPSA) is 112 Å². The third-order valence-corrected chi connectivity index (χ3v) is 3.87. The first-order valence-corrected chi connectivity index (χ1v) is 7.97. The average molecular weight is 378 g/mol. The number of nitrogens with zero attached hydrogens (tertiary/aromatic N) is 4. The molecule has 120 valence electrons. The van der Waals surface area contributed by atoms with Gasteiger partial charge < -0.3 is 15.7 Å². The number of aromatic amines is 1. The number of aliphatic hydroxyl groups excluding tert-OH is 1. The predicted molar refractivity (Wildman–Crippen MR) is 91.7 cm³/mol. The van der Waals surface area contributed by atoms with Gasteiger partial charge in [-0.25, -0.2) is 0 Å². The van der Waals surface area contributed by atoms with Gasteiger partial charge in [0.25, 0.3) is 0 Å². The molecule has 1 unspecified atom stereocenters. The quantitative estimate of drug-likeness (QED) is 0.521. The van der Waals surface area contributed by atoms with Gasteiger partial charge in [0, 0.05) is 10.2 Å². The number of H-pyrrole nitrogens is 1. The van der Waals surface area contributed by atoms with Gasteiger partial charge in [-0.2, -0.15) is 20.3 Å². The lowest BCUT2D eigenvalue weighted by molar-refractivity contribution is 0.271. The molecule has 0 saturated carbocycles. The van der Waals surface area contributed by atoms with Crippen molar-refractivity contribution in [1.29, 1.82) is 0 Å². The SMILES string of the molecule is CCC(CO)Nc1nc(Nc2ccc(Br)cc2)c2n[nH]nc2n1. The summed E-state index contributed by atoms with van der Waals surface area (Å²) in [5.41, 5.74) is 1.88. The second kappa shape index (κ2) is 6.88. The summed E-state index contributed by atoms with van der Waals surface area (Å²) in [6, 6.07) is 7.60. The van der Waals surface area contributed by atoms with Crippen molar-refractivity contribution in [1.82, 2.24) is 25.4 Å². The summed E-state index contributed by atoms with van der Waals surface area (Å²) in [6.07, 6.45) is 0.756. The second-order valence-electron chi connectivity index (χ2n) is 4.96. The molecule has 0 saturated heterocycles. The molecule has 0 aliphatic rings. The molecule has 8 nitrogen and oxygen atoms in total. The van der Waals surface area contributed by atoms with Crippen LogP contribution in [-0.2, 0) is 0 Å². The molecule has 1 atom stereocenters. The van der Waals surface area contributed by atoms with E-state index < -0.39 is 0 Å². The number of rotatable bonds is 6. The minimum absolute atomic E-state index is 0.00614. The highest BCUT2D eigenvalue weighted by Gasteiger charge is 2.14. The lowest BCUT2D eigenvalue weighted by Gasteiger charge is -2.14. The standard InChI is InChI=1S/C14H16BrN7O/c1-2-9(7-23)17-14-18-12(11-13(19-14)21-22-20-11)16-10-5-3-8(15)4-6-10/h3-6,9,23H,2,7H2,1H3,(H3,16,17,18,19,20,21,22). The number of hydrogen-bond acceptors (Lipinski definition) is 7. The van der Waals surface area contributed by atoms with Crippen LogP contribution in [0.15, 0.2) is 28.7 Å². The first-order valence-electron chi connectivity index (χ1n) is 7.18. The average Bonchev–Trinajstić information content (AvgIpc) is 3.03. The Kier molecular flexibility index (Phi) is 4.68. The van der Waals surface area contributed by atoms with E-state index in [1.165, 1.54) is 0 Å². The summed E-state index contributed by atoms with van der Waals surface area (Å²) in [5.74, 6) is 0.938. The number of anilines is 3. The Labute approximate surface area is 140 Å². The van der Waals surface area contributed by atoms with Gasteiger partial charge in [-0.15, -0.1) is 5.10 Å². The Balaban J connectivity index is 1.94. The van der Waals surface area contributed by atoms with E-state index in [9.17, 15) is 5.11 Å². The van der Waals surface area contributed by atoms with Gasteiger partial charge in [0.15, 0.2) is 11.3 Å². The van der Waals surface area contributed by atoms with Crippen molar-refractivity contribution in [3.8, 4) is 0 Å². The fourth-order valence-corrected chi connectivity index (χ4v) is 2.29. The summed E-state index contributed by atoms with van der Waals surface area (Å²) in [4.78, 5) is 8.75. The number of aromatic nitrogens is 5. The molecule has 1 aromatic carbocycles. The second-order valence-corrected chi connectivity index (χ2v) is 5.87. The molecule has 0 amide bonds. The van der Waals surface area contributed by atoms with Crippen molar-refractivity contribution >= 4 is 44.5 Å². The number of fused-ring (bicyclic) bond motifs is 1. The van der Waals surface area contributed by atoms with E-state index in [2.05, 4.69) is 51.9 Å².